The highest BCUT2D eigenvalue weighted by atomic mass is 35.5. The summed E-state index contributed by atoms with van der Waals surface area (Å²) in [6, 6.07) is 16.9. The van der Waals surface area contributed by atoms with Crippen molar-refractivity contribution in [2.24, 2.45) is 0 Å². The molecule has 3 rings (SSSR count). The van der Waals surface area contributed by atoms with Gasteiger partial charge in [-0.3, -0.25) is 4.90 Å². The normalized spacial score (nSPS) is 16.9. The molecule has 1 heterocycles. The monoisotopic (exact) mass is 391 g/mol. The van der Waals surface area contributed by atoms with E-state index in [4.69, 9.17) is 23.2 Å². The van der Waals surface area contributed by atoms with Crippen molar-refractivity contribution < 1.29 is 0 Å². The van der Waals surface area contributed by atoms with Crippen LogP contribution in [0.1, 0.15) is 18.0 Å². The predicted octanol–water partition coefficient (Wildman–Crippen LogP) is 4.81. The van der Waals surface area contributed by atoms with Gasteiger partial charge in [-0.2, -0.15) is 0 Å². The van der Waals surface area contributed by atoms with Crippen molar-refractivity contribution in [3.63, 3.8) is 0 Å². The molecule has 140 valence electrons. The van der Waals surface area contributed by atoms with E-state index < -0.39 is 0 Å². The van der Waals surface area contributed by atoms with Gasteiger partial charge in [-0.05, 0) is 56.9 Å². The molecule has 0 amide bonds. The molecule has 0 aliphatic carbocycles. The van der Waals surface area contributed by atoms with Gasteiger partial charge in [-0.15, -0.1) is 0 Å². The highest BCUT2D eigenvalue weighted by Gasteiger charge is 2.25. The molecule has 0 saturated carbocycles. The molecule has 2 aromatic rings. The number of anilines is 1. The summed E-state index contributed by atoms with van der Waals surface area (Å²) in [5.41, 5.74) is 2.49. The zero-order valence-electron chi connectivity index (χ0n) is 15.5. The number of nitrogens with zero attached hydrogens (tertiary/aromatic N) is 3. The number of rotatable bonds is 6. The van der Waals surface area contributed by atoms with Crippen molar-refractivity contribution >= 4 is 28.9 Å². The zero-order chi connectivity index (χ0) is 18.5. The number of halogens is 2. The van der Waals surface area contributed by atoms with Gasteiger partial charge in [0.15, 0.2) is 0 Å². The maximum atomic E-state index is 6.38. The molecule has 0 aromatic heterocycles. The van der Waals surface area contributed by atoms with Crippen molar-refractivity contribution in [3.05, 3.63) is 64.1 Å². The third-order valence-corrected chi connectivity index (χ3v) is 5.62. The first-order valence-electron chi connectivity index (χ1n) is 9.18. The molecule has 1 unspecified atom stereocenters. The van der Waals surface area contributed by atoms with E-state index in [0.717, 1.165) is 54.9 Å². The van der Waals surface area contributed by atoms with Crippen LogP contribution in [0.3, 0.4) is 0 Å². The molecule has 1 fully saturated rings. The summed E-state index contributed by atoms with van der Waals surface area (Å²) in [4.78, 5) is 7.24. The molecule has 0 spiro atoms. The van der Waals surface area contributed by atoms with Crippen molar-refractivity contribution in [2.75, 3.05) is 51.7 Å². The molecule has 26 heavy (non-hydrogen) atoms. The summed E-state index contributed by atoms with van der Waals surface area (Å²) in [7, 11) is 4.27. The Morgan fingerprint density at radius 1 is 0.923 bits per heavy atom. The van der Waals surface area contributed by atoms with Gasteiger partial charge in [0.05, 0.1) is 10.7 Å². The SMILES string of the molecule is CN(C)CCC(c1ccc(Cl)cc1)N1CCN(c2ccccc2Cl)CC1. The van der Waals surface area contributed by atoms with Gasteiger partial charge >= 0.3 is 0 Å². The smallest absolute Gasteiger partial charge is 0.0639 e. The van der Waals surface area contributed by atoms with Crippen LogP contribution < -0.4 is 4.90 Å². The molecule has 0 radical (unpaired) electrons. The van der Waals surface area contributed by atoms with E-state index in [1.807, 2.05) is 24.3 Å². The molecule has 1 aliphatic rings. The van der Waals surface area contributed by atoms with Gasteiger partial charge in [0.2, 0.25) is 0 Å². The second-order valence-electron chi connectivity index (χ2n) is 7.13. The van der Waals surface area contributed by atoms with Crippen LogP contribution in [0.4, 0.5) is 5.69 Å². The van der Waals surface area contributed by atoms with Crippen molar-refractivity contribution in [2.45, 2.75) is 12.5 Å². The highest BCUT2D eigenvalue weighted by Crippen LogP contribution is 2.30. The van der Waals surface area contributed by atoms with Crippen molar-refractivity contribution in [1.29, 1.82) is 0 Å². The Hall–Kier alpha value is -1.26. The Morgan fingerprint density at radius 2 is 1.58 bits per heavy atom. The van der Waals surface area contributed by atoms with E-state index in [-0.39, 0.29) is 0 Å². The van der Waals surface area contributed by atoms with Crippen molar-refractivity contribution in [3.8, 4) is 0 Å². The first-order chi connectivity index (χ1) is 12.5. The minimum absolute atomic E-state index is 0.420. The summed E-state index contributed by atoms with van der Waals surface area (Å²) >= 11 is 12.5. The molecule has 3 nitrogen and oxygen atoms in total. The lowest BCUT2D eigenvalue weighted by molar-refractivity contribution is 0.166. The van der Waals surface area contributed by atoms with Gasteiger partial charge in [0.1, 0.15) is 0 Å². The number of para-hydroxylation sites is 1. The maximum absolute atomic E-state index is 6.38. The van der Waals surface area contributed by atoms with E-state index in [9.17, 15) is 0 Å². The fourth-order valence-corrected chi connectivity index (χ4v) is 3.99. The van der Waals surface area contributed by atoms with Crippen LogP contribution in [0.25, 0.3) is 0 Å². The minimum Gasteiger partial charge on any atom is -0.368 e. The first kappa shape index (κ1) is 19.5. The van der Waals surface area contributed by atoms with Gasteiger partial charge < -0.3 is 9.80 Å². The molecule has 2 aromatic carbocycles. The average Bonchev–Trinajstić information content (AvgIpc) is 2.64. The van der Waals surface area contributed by atoms with E-state index in [1.165, 1.54) is 5.56 Å². The van der Waals surface area contributed by atoms with E-state index in [1.54, 1.807) is 0 Å². The Kier molecular flexibility index (Phi) is 6.82. The van der Waals surface area contributed by atoms with E-state index in [2.05, 4.69) is 53.1 Å². The predicted molar refractivity (Wildman–Crippen MR) is 113 cm³/mol. The zero-order valence-corrected chi connectivity index (χ0v) is 17.0. The molecule has 0 N–H and O–H groups in total. The standard InChI is InChI=1S/C21H27Cl2N3/c1-24(2)12-11-20(17-7-9-18(22)10-8-17)25-13-15-26(16-14-25)21-6-4-3-5-19(21)23/h3-10,20H,11-16H2,1-2H3. The summed E-state index contributed by atoms with van der Waals surface area (Å²) in [6.45, 7) is 5.13. The number of hydrogen-bond acceptors (Lipinski definition) is 3. The van der Waals surface area contributed by atoms with Crippen LogP contribution >= 0.6 is 23.2 Å². The molecule has 1 saturated heterocycles. The number of piperazine rings is 1. The maximum Gasteiger partial charge on any atom is 0.0639 e. The number of hydrogen-bond donors (Lipinski definition) is 0. The molecule has 1 atom stereocenters. The van der Waals surface area contributed by atoms with Crippen LogP contribution in [0, 0.1) is 0 Å². The van der Waals surface area contributed by atoms with Gasteiger partial charge in [0.25, 0.3) is 0 Å². The van der Waals surface area contributed by atoms with Gasteiger partial charge in [0, 0.05) is 37.2 Å². The third kappa shape index (κ3) is 4.92. The van der Waals surface area contributed by atoms with Crippen LogP contribution in [0.5, 0.6) is 0 Å². The quantitative estimate of drug-likeness (QED) is 0.699. The van der Waals surface area contributed by atoms with E-state index in [0.29, 0.717) is 6.04 Å². The average molecular weight is 392 g/mol. The third-order valence-electron chi connectivity index (χ3n) is 5.05. The fourth-order valence-electron chi connectivity index (χ4n) is 3.61. The van der Waals surface area contributed by atoms with Crippen molar-refractivity contribution in [1.82, 2.24) is 9.80 Å². The molecular formula is C21H27Cl2N3. The summed E-state index contributed by atoms with van der Waals surface area (Å²) in [5, 5.41) is 1.63. The minimum atomic E-state index is 0.420. The summed E-state index contributed by atoms with van der Waals surface area (Å²) < 4.78 is 0. The van der Waals surface area contributed by atoms with Crippen LogP contribution in [-0.2, 0) is 0 Å². The van der Waals surface area contributed by atoms with Crippen LogP contribution in [-0.4, -0.2) is 56.6 Å². The Morgan fingerprint density at radius 3 is 2.19 bits per heavy atom. The summed E-state index contributed by atoms with van der Waals surface area (Å²) in [5.74, 6) is 0. The highest BCUT2D eigenvalue weighted by molar-refractivity contribution is 6.33. The Balaban J connectivity index is 1.70. The molecule has 0 bridgehead atoms. The lowest BCUT2D eigenvalue weighted by Crippen LogP contribution is -2.48. The van der Waals surface area contributed by atoms with E-state index >= 15 is 0 Å². The van der Waals surface area contributed by atoms with Gasteiger partial charge in [-0.1, -0.05) is 47.5 Å². The second-order valence-corrected chi connectivity index (χ2v) is 7.98. The second kappa shape index (κ2) is 9.09. The molecular weight excluding hydrogens is 365 g/mol. The van der Waals surface area contributed by atoms with Crippen LogP contribution in [0.2, 0.25) is 10.0 Å². The summed E-state index contributed by atoms with van der Waals surface area (Å²) in [6.07, 6.45) is 1.11. The number of benzene rings is 2. The first-order valence-corrected chi connectivity index (χ1v) is 9.94. The Bertz CT molecular complexity index is 695. The molecule has 1 aliphatic heterocycles. The van der Waals surface area contributed by atoms with Crippen LogP contribution in [0.15, 0.2) is 48.5 Å². The Labute approximate surface area is 167 Å². The topological polar surface area (TPSA) is 9.72 Å². The fraction of sp³-hybridized carbons (Fsp3) is 0.429. The largest absolute Gasteiger partial charge is 0.368 e. The lowest BCUT2D eigenvalue weighted by atomic mass is 10.0. The molecule has 5 heteroatoms. The van der Waals surface area contributed by atoms with Gasteiger partial charge in [-0.25, -0.2) is 0 Å². The lowest BCUT2D eigenvalue weighted by Gasteiger charge is -2.41.